The van der Waals surface area contributed by atoms with Gasteiger partial charge in [-0.05, 0) is 32.6 Å². The quantitative estimate of drug-likeness (QED) is 0.346. The number of alkyl halides is 1. The Kier molecular flexibility index (Phi) is 3.47. The van der Waals surface area contributed by atoms with E-state index >= 15 is 0 Å². The molecule has 1 saturated heterocycles. The predicted octanol–water partition coefficient (Wildman–Crippen LogP) is 2.43. The van der Waals surface area contributed by atoms with Gasteiger partial charge >= 0.3 is 5.97 Å². The summed E-state index contributed by atoms with van der Waals surface area (Å²) in [6.07, 6.45) is 6.94. The van der Waals surface area contributed by atoms with Gasteiger partial charge in [-0.3, -0.25) is 14.4 Å². The van der Waals surface area contributed by atoms with Crippen LogP contribution in [-0.2, 0) is 19.1 Å². The summed E-state index contributed by atoms with van der Waals surface area (Å²) >= 11 is 5.77. The first-order valence-electron chi connectivity index (χ1n) is 7.50. The second-order valence-corrected chi connectivity index (χ2v) is 6.78. The Bertz CT molecular complexity index is 540. The molecule has 0 amide bonds. The topological polar surface area (TPSA) is 60.4 Å². The zero-order valence-electron chi connectivity index (χ0n) is 12.1. The van der Waals surface area contributed by atoms with E-state index in [9.17, 15) is 14.4 Å². The highest BCUT2D eigenvalue weighted by atomic mass is 35.5. The molecule has 0 unspecified atom stereocenters. The molecule has 0 aromatic heterocycles. The fourth-order valence-corrected chi connectivity index (χ4v) is 4.37. The molecular formula is C16H19ClO4. The summed E-state index contributed by atoms with van der Waals surface area (Å²) in [5.74, 6) is -1.14. The Balaban J connectivity index is 1.96. The van der Waals surface area contributed by atoms with Crippen LogP contribution in [0.1, 0.15) is 39.0 Å². The van der Waals surface area contributed by atoms with E-state index in [0.29, 0.717) is 12.3 Å². The highest BCUT2D eigenvalue weighted by Crippen LogP contribution is 2.61. The molecule has 0 aromatic rings. The Hall–Kier alpha value is -1.16. The van der Waals surface area contributed by atoms with Crippen molar-refractivity contribution in [2.75, 3.05) is 5.88 Å². The molecule has 5 heteroatoms. The molecule has 1 heterocycles. The number of ketones is 2. The predicted molar refractivity (Wildman–Crippen MR) is 76.9 cm³/mol. The summed E-state index contributed by atoms with van der Waals surface area (Å²) in [5, 5.41) is 0. The standard InChI is InChI=1S/C16H19ClO4/c1-15-11(7-8-17)12(18)9-16(15,14(20)21-15)13(19)10-5-3-2-4-6-10/h3,5,10-11H,2,4,6-9H2,1H3/t10-,11+,15+,16-/m1/s1. The van der Waals surface area contributed by atoms with Gasteiger partial charge in [0.1, 0.15) is 11.4 Å². The molecule has 3 rings (SSSR count). The van der Waals surface area contributed by atoms with Crippen LogP contribution in [0.5, 0.6) is 0 Å². The van der Waals surface area contributed by atoms with Gasteiger partial charge < -0.3 is 4.74 Å². The number of hydrogen-bond donors (Lipinski definition) is 0. The number of allylic oxidation sites excluding steroid dienone is 2. The maximum absolute atomic E-state index is 13.0. The summed E-state index contributed by atoms with van der Waals surface area (Å²) in [6, 6.07) is 0. The van der Waals surface area contributed by atoms with Crippen LogP contribution in [0.15, 0.2) is 12.2 Å². The fraction of sp³-hybridized carbons (Fsp3) is 0.688. The first-order valence-corrected chi connectivity index (χ1v) is 8.04. The first kappa shape index (κ1) is 14.8. The molecule has 21 heavy (non-hydrogen) atoms. The van der Waals surface area contributed by atoms with Crippen molar-refractivity contribution in [3.63, 3.8) is 0 Å². The second kappa shape index (κ2) is 4.94. The van der Waals surface area contributed by atoms with E-state index in [0.717, 1.165) is 19.3 Å². The molecule has 0 spiro atoms. The number of Topliss-reactive ketones (excluding diaryl/α,β-unsaturated/α-hetero) is 2. The lowest BCUT2D eigenvalue weighted by atomic mass is 9.61. The molecule has 114 valence electrons. The van der Waals surface area contributed by atoms with E-state index in [1.165, 1.54) is 0 Å². The van der Waals surface area contributed by atoms with E-state index in [1.807, 2.05) is 12.2 Å². The van der Waals surface area contributed by atoms with Crippen molar-refractivity contribution in [2.24, 2.45) is 17.3 Å². The lowest BCUT2D eigenvalue weighted by Crippen LogP contribution is -2.69. The number of carbonyl (C=O) groups excluding carboxylic acids is 3. The molecule has 3 aliphatic rings. The molecular weight excluding hydrogens is 292 g/mol. The zero-order valence-corrected chi connectivity index (χ0v) is 12.8. The molecule has 0 bridgehead atoms. The van der Waals surface area contributed by atoms with Crippen molar-refractivity contribution in [3.05, 3.63) is 12.2 Å². The summed E-state index contributed by atoms with van der Waals surface area (Å²) in [5.41, 5.74) is -2.27. The van der Waals surface area contributed by atoms with Crippen LogP contribution >= 0.6 is 11.6 Å². The van der Waals surface area contributed by atoms with Gasteiger partial charge in [-0.25, -0.2) is 0 Å². The van der Waals surface area contributed by atoms with E-state index in [2.05, 4.69) is 0 Å². The van der Waals surface area contributed by atoms with Crippen LogP contribution in [0.2, 0.25) is 0 Å². The highest BCUT2D eigenvalue weighted by Gasteiger charge is 2.79. The van der Waals surface area contributed by atoms with Crippen LogP contribution in [0.4, 0.5) is 0 Å². The average Bonchev–Trinajstić information content (AvgIpc) is 2.65. The van der Waals surface area contributed by atoms with Crippen LogP contribution < -0.4 is 0 Å². The van der Waals surface area contributed by atoms with Gasteiger partial charge in [0.25, 0.3) is 0 Å². The van der Waals surface area contributed by atoms with Gasteiger partial charge in [0.05, 0.1) is 5.92 Å². The van der Waals surface area contributed by atoms with E-state index < -0.39 is 22.9 Å². The van der Waals surface area contributed by atoms with Crippen molar-refractivity contribution in [3.8, 4) is 0 Å². The number of esters is 1. The molecule has 1 saturated carbocycles. The minimum Gasteiger partial charge on any atom is -0.456 e. The molecule has 0 N–H and O–H groups in total. The largest absolute Gasteiger partial charge is 0.456 e. The number of halogens is 1. The third kappa shape index (κ3) is 1.78. The number of carbonyl (C=O) groups is 3. The number of rotatable bonds is 4. The Morgan fingerprint density at radius 2 is 2.24 bits per heavy atom. The highest BCUT2D eigenvalue weighted by molar-refractivity contribution is 6.19. The van der Waals surface area contributed by atoms with Crippen LogP contribution in [-0.4, -0.2) is 29.0 Å². The van der Waals surface area contributed by atoms with Gasteiger partial charge in [-0.15, -0.1) is 11.6 Å². The van der Waals surface area contributed by atoms with Crippen molar-refractivity contribution in [2.45, 2.75) is 44.6 Å². The maximum atomic E-state index is 13.0. The summed E-state index contributed by atoms with van der Waals surface area (Å²) < 4.78 is 5.34. The van der Waals surface area contributed by atoms with Gasteiger partial charge in [0.2, 0.25) is 0 Å². The first-order chi connectivity index (χ1) is 9.97. The fourth-order valence-electron chi connectivity index (χ4n) is 4.16. The van der Waals surface area contributed by atoms with Crippen LogP contribution in [0, 0.1) is 17.3 Å². The minimum absolute atomic E-state index is 0.0208. The summed E-state index contributed by atoms with van der Waals surface area (Å²) in [7, 11) is 0. The molecule has 2 aliphatic carbocycles. The third-order valence-electron chi connectivity index (χ3n) is 5.40. The van der Waals surface area contributed by atoms with Crippen molar-refractivity contribution < 1.29 is 19.1 Å². The third-order valence-corrected chi connectivity index (χ3v) is 5.62. The van der Waals surface area contributed by atoms with Crippen molar-refractivity contribution in [1.82, 2.24) is 0 Å². The molecule has 0 aromatic carbocycles. The maximum Gasteiger partial charge on any atom is 0.324 e. The number of ether oxygens (including phenoxy) is 1. The smallest absolute Gasteiger partial charge is 0.324 e. The molecule has 1 aliphatic heterocycles. The van der Waals surface area contributed by atoms with Crippen molar-refractivity contribution >= 4 is 29.1 Å². The Morgan fingerprint density at radius 3 is 2.81 bits per heavy atom. The normalized spacial score (nSPS) is 41.4. The molecule has 0 radical (unpaired) electrons. The minimum atomic E-state index is -1.27. The van der Waals surface area contributed by atoms with Gasteiger partial charge in [-0.2, -0.15) is 0 Å². The molecule has 4 atom stereocenters. The lowest BCUT2D eigenvalue weighted by Gasteiger charge is -2.52. The SMILES string of the molecule is C[C@@]12OC(=O)[C@]1(C(=O)[C@@H]1C=CCCC1)CC(=O)[C@@H]2CCCl. The van der Waals surface area contributed by atoms with Crippen LogP contribution in [0.3, 0.4) is 0 Å². The van der Waals surface area contributed by atoms with Gasteiger partial charge in [-0.1, -0.05) is 12.2 Å². The number of hydrogen-bond acceptors (Lipinski definition) is 4. The van der Waals surface area contributed by atoms with Gasteiger partial charge in [0.15, 0.2) is 11.2 Å². The average molecular weight is 311 g/mol. The number of fused-ring (bicyclic) bond motifs is 1. The van der Waals surface area contributed by atoms with Crippen LogP contribution in [0.25, 0.3) is 0 Å². The monoisotopic (exact) mass is 310 g/mol. The second-order valence-electron chi connectivity index (χ2n) is 6.41. The molecule has 4 nitrogen and oxygen atoms in total. The molecule has 2 fully saturated rings. The zero-order chi connectivity index (χ0) is 15.3. The van der Waals surface area contributed by atoms with Gasteiger partial charge in [0, 0.05) is 18.2 Å². The lowest BCUT2D eigenvalue weighted by molar-refractivity contribution is -0.235. The Labute approximate surface area is 128 Å². The Morgan fingerprint density at radius 1 is 1.48 bits per heavy atom. The summed E-state index contributed by atoms with van der Waals surface area (Å²) in [4.78, 5) is 37.4. The van der Waals surface area contributed by atoms with E-state index in [-0.39, 0.29) is 23.9 Å². The van der Waals surface area contributed by atoms with E-state index in [4.69, 9.17) is 16.3 Å². The van der Waals surface area contributed by atoms with E-state index in [1.54, 1.807) is 6.92 Å². The summed E-state index contributed by atoms with van der Waals surface area (Å²) in [6.45, 7) is 1.72. The van der Waals surface area contributed by atoms with Crippen molar-refractivity contribution in [1.29, 1.82) is 0 Å².